The molecule has 0 radical (unpaired) electrons. The SMILES string of the molecule is Cc1ccc(C2(c3cccc(Cc4cccc(C)c4)c3)c3ccccc3-c3ccccc32)cc1.Cc1ccc(C2(c3cccc(N(c4cccc(C)c4)c4ccc5ccc6c(N(c7cccc(C)c7)c7cccc(C8(c9ccc(C)cc9)c9ccccc9-c9ccccc98)c7)ccc7ccc4c5c76)c3)c3ccccc3-c3ccccc32)cc1. The summed E-state index contributed by atoms with van der Waals surface area (Å²) in [6.45, 7) is 13.1. The highest BCUT2D eigenvalue weighted by Gasteiger charge is 2.49. The number of fused-ring (bicyclic) bond motifs is 9. The Morgan fingerprint density at radius 1 is 0.195 bits per heavy atom. The number of rotatable bonds is 14. The lowest BCUT2D eigenvalue weighted by Crippen LogP contribution is -2.29. The normalized spacial score (nSPS) is 13.4. The van der Waals surface area contributed by atoms with Crippen molar-refractivity contribution < 1.29 is 0 Å². The zero-order valence-electron chi connectivity index (χ0n) is 67.4. The monoisotopic (exact) mass is 1510 g/mol. The van der Waals surface area contributed by atoms with Gasteiger partial charge in [0.2, 0.25) is 0 Å². The highest BCUT2D eigenvalue weighted by atomic mass is 15.2. The van der Waals surface area contributed by atoms with E-state index in [2.05, 4.69) is 464 Å². The average Bonchev–Trinajstić information content (AvgIpc) is 1.56. The van der Waals surface area contributed by atoms with Gasteiger partial charge in [-0.25, -0.2) is 0 Å². The minimum atomic E-state index is -0.551. The van der Waals surface area contributed by atoms with Gasteiger partial charge in [-0.1, -0.05) is 374 Å². The molecule has 562 valence electrons. The average molecular weight is 1510 g/mol. The number of anilines is 6. The first kappa shape index (κ1) is 71.6. The van der Waals surface area contributed by atoms with E-state index in [0.717, 1.165) is 40.5 Å². The fourth-order valence-electron chi connectivity index (χ4n) is 20.8. The molecule has 0 spiro atoms. The second-order valence-corrected chi connectivity index (χ2v) is 33.0. The van der Waals surface area contributed by atoms with Crippen molar-refractivity contribution in [3.8, 4) is 33.4 Å². The van der Waals surface area contributed by atoms with Crippen molar-refractivity contribution in [1.82, 2.24) is 0 Å². The van der Waals surface area contributed by atoms with Crippen molar-refractivity contribution in [2.24, 2.45) is 0 Å². The summed E-state index contributed by atoms with van der Waals surface area (Å²) in [6.07, 6.45) is 0.933. The lowest BCUT2D eigenvalue weighted by Gasteiger charge is -2.35. The van der Waals surface area contributed by atoms with Gasteiger partial charge in [0.05, 0.1) is 27.6 Å². The van der Waals surface area contributed by atoms with E-state index in [1.807, 2.05) is 0 Å². The molecule has 0 aliphatic heterocycles. The quantitative estimate of drug-likeness (QED) is 0.100. The van der Waals surface area contributed by atoms with E-state index in [0.29, 0.717) is 0 Å². The Bertz CT molecular complexity index is 6670. The molecule has 19 aromatic rings. The van der Waals surface area contributed by atoms with Crippen LogP contribution in [0.2, 0.25) is 0 Å². The van der Waals surface area contributed by atoms with Crippen molar-refractivity contribution in [3.63, 3.8) is 0 Å². The lowest BCUT2D eigenvalue weighted by atomic mass is 9.67. The molecule has 118 heavy (non-hydrogen) atoms. The Morgan fingerprint density at radius 3 is 0.797 bits per heavy atom. The summed E-state index contributed by atoms with van der Waals surface area (Å²) < 4.78 is 0. The van der Waals surface area contributed by atoms with Crippen LogP contribution in [0.1, 0.15) is 111 Å². The lowest BCUT2D eigenvalue weighted by molar-refractivity contribution is 0.766. The van der Waals surface area contributed by atoms with Gasteiger partial charge >= 0.3 is 0 Å². The fourth-order valence-corrected chi connectivity index (χ4v) is 20.8. The smallest absolute Gasteiger partial charge is 0.0714 e. The number of hydrogen-bond donors (Lipinski definition) is 0. The Hall–Kier alpha value is -14.2. The largest absolute Gasteiger partial charge is 0.310 e. The highest BCUT2D eigenvalue weighted by Crippen LogP contribution is 2.61. The van der Waals surface area contributed by atoms with Gasteiger partial charge in [0.25, 0.3) is 0 Å². The maximum Gasteiger partial charge on any atom is 0.0714 e. The van der Waals surface area contributed by atoms with Crippen molar-refractivity contribution in [2.45, 2.75) is 64.2 Å². The van der Waals surface area contributed by atoms with Gasteiger partial charge in [0.1, 0.15) is 0 Å². The van der Waals surface area contributed by atoms with Gasteiger partial charge in [-0.05, 0) is 253 Å². The van der Waals surface area contributed by atoms with Crippen LogP contribution in [-0.4, -0.2) is 0 Å². The Labute approximate surface area is 692 Å². The minimum Gasteiger partial charge on any atom is -0.310 e. The molecule has 0 amide bonds. The van der Waals surface area contributed by atoms with Crippen molar-refractivity contribution in [3.05, 3.63) is 524 Å². The first-order chi connectivity index (χ1) is 57.9. The summed E-state index contributed by atoms with van der Waals surface area (Å²) in [6, 6.07) is 155. The van der Waals surface area contributed by atoms with Crippen LogP contribution in [0.4, 0.5) is 34.1 Å². The van der Waals surface area contributed by atoms with E-state index in [1.165, 1.54) is 177 Å². The molecule has 2 nitrogen and oxygen atoms in total. The van der Waals surface area contributed by atoms with Gasteiger partial charge in [0, 0.05) is 33.5 Å². The summed E-state index contributed by atoms with van der Waals surface area (Å²) in [5, 5.41) is 7.32. The zero-order chi connectivity index (χ0) is 79.4. The van der Waals surface area contributed by atoms with Crippen LogP contribution in [0, 0.1) is 41.5 Å². The highest BCUT2D eigenvalue weighted by molar-refractivity contribution is 6.28. The molecule has 0 unspecified atom stereocenters. The first-order valence-corrected chi connectivity index (χ1v) is 41.5. The third-order valence-electron chi connectivity index (χ3n) is 25.9. The predicted octanol–water partition coefficient (Wildman–Crippen LogP) is 29.7. The van der Waals surface area contributed by atoms with Gasteiger partial charge in [-0.3, -0.25) is 0 Å². The molecule has 19 aromatic carbocycles. The number of benzene rings is 19. The number of hydrogen-bond acceptors (Lipinski definition) is 2. The molecule has 3 aliphatic carbocycles. The molecule has 0 saturated carbocycles. The van der Waals surface area contributed by atoms with Crippen LogP contribution < -0.4 is 9.80 Å². The fraction of sp³-hybridized carbons (Fsp3) is 0.0862. The molecular formula is C116H88N2. The maximum absolute atomic E-state index is 2.51. The van der Waals surface area contributed by atoms with E-state index in [9.17, 15) is 0 Å². The molecule has 22 rings (SSSR count). The summed E-state index contributed by atoms with van der Waals surface area (Å²) in [7, 11) is 0. The van der Waals surface area contributed by atoms with E-state index in [1.54, 1.807) is 0 Å². The Kier molecular flexibility index (Phi) is 17.4. The second kappa shape index (κ2) is 28.7. The summed E-state index contributed by atoms with van der Waals surface area (Å²) in [4.78, 5) is 5.01. The van der Waals surface area contributed by atoms with Crippen LogP contribution >= 0.6 is 0 Å². The van der Waals surface area contributed by atoms with Gasteiger partial charge in [-0.2, -0.15) is 0 Å². The third-order valence-corrected chi connectivity index (χ3v) is 25.9. The second-order valence-electron chi connectivity index (χ2n) is 33.0. The van der Waals surface area contributed by atoms with Crippen LogP contribution in [0.3, 0.4) is 0 Å². The minimum absolute atomic E-state index is 0.330. The van der Waals surface area contributed by atoms with Gasteiger partial charge < -0.3 is 9.80 Å². The van der Waals surface area contributed by atoms with Crippen LogP contribution in [0.25, 0.3) is 65.7 Å². The first-order valence-electron chi connectivity index (χ1n) is 41.5. The predicted molar refractivity (Wildman–Crippen MR) is 496 cm³/mol. The molecule has 3 aliphatic rings. The van der Waals surface area contributed by atoms with E-state index in [4.69, 9.17) is 0 Å². The Morgan fingerprint density at radius 2 is 0.466 bits per heavy atom. The van der Waals surface area contributed by atoms with Crippen LogP contribution in [0.5, 0.6) is 0 Å². The molecule has 0 N–H and O–H groups in total. The van der Waals surface area contributed by atoms with Crippen molar-refractivity contribution >= 4 is 66.4 Å². The third kappa shape index (κ3) is 11.4. The maximum atomic E-state index is 2.51. The molecule has 0 atom stereocenters. The summed E-state index contributed by atoms with van der Waals surface area (Å²) in [5.74, 6) is 0. The summed E-state index contributed by atoms with van der Waals surface area (Å²) in [5.41, 5.74) is 38.8. The topological polar surface area (TPSA) is 6.48 Å². The van der Waals surface area contributed by atoms with E-state index < -0.39 is 10.8 Å². The van der Waals surface area contributed by atoms with E-state index >= 15 is 0 Å². The van der Waals surface area contributed by atoms with Gasteiger partial charge in [-0.15, -0.1) is 0 Å². The molecule has 0 saturated heterocycles. The Balaban J connectivity index is 0.000000212. The van der Waals surface area contributed by atoms with E-state index in [-0.39, 0.29) is 5.41 Å². The molecular weight excluding hydrogens is 1420 g/mol. The van der Waals surface area contributed by atoms with Crippen molar-refractivity contribution in [1.29, 1.82) is 0 Å². The summed E-state index contributed by atoms with van der Waals surface area (Å²) >= 11 is 0. The number of nitrogens with zero attached hydrogens (tertiary/aromatic N) is 2. The van der Waals surface area contributed by atoms with Gasteiger partial charge in [0.15, 0.2) is 0 Å². The van der Waals surface area contributed by atoms with Crippen molar-refractivity contribution in [2.75, 3.05) is 9.80 Å². The molecule has 0 fully saturated rings. The van der Waals surface area contributed by atoms with Crippen LogP contribution in [-0.2, 0) is 22.7 Å². The molecule has 0 bridgehead atoms. The molecule has 2 heteroatoms. The van der Waals surface area contributed by atoms with Crippen LogP contribution in [0.15, 0.2) is 413 Å². The number of aryl methyl sites for hydroxylation is 6. The standard InChI is InChI=1S/C82H60N2.C34H28/c1-53-33-41-59(42-34-53)81(73-29-9-5-25-67(73)68-26-6-10-30-74(68)81)61-19-15-23-65(51-61)83(63-21-13-17-55(3)49-63)77-47-39-57-38-46-72-78(48-40-58-37-45-71(77)79(57)80(58)72)84(64-22-14-18-56(4)50-64)66-24-16-20-62(52-66)82(60-43-35-54(2)36-44-60)75-31-11-7-27-69(75)70-28-8-12-32-76(70)82;1-24-17-19-28(20-18-24)34(32-15-5-3-13-30(32)31-14-4-6-16-33(31)34)29-12-8-11-27(23-29)22-26-10-7-9-25(2)21-26/h5-52H,1-4H3;3-21,23H,22H2,1-2H3. The molecule has 0 aromatic heterocycles. The molecule has 0 heterocycles. The zero-order valence-corrected chi connectivity index (χ0v) is 67.4.